The Morgan fingerprint density at radius 1 is 1.31 bits per heavy atom. The lowest BCUT2D eigenvalue weighted by Gasteiger charge is -2.19. The summed E-state index contributed by atoms with van der Waals surface area (Å²) in [4.78, 5) is 20.4. The number of carbonyl (C=O) groups is 1. The fourth-order valence-electron chi connectivity index (χ4n) is 2.92. The van der Waals surface area contributed by atoms with Gasteiger partial charge in [-0.05, 0) is 55.2 Å². The van der Waals surface area contributed by atoms with Gasteiger partial charge in [0.1, 0.15) is 16.8 Å². The fourth-order valence-corrected chi connectivity index (χ4v) is 3.10. The molecule has 2 heterocycles. The molecule has 1 aliphatic heterocycles. The summed E-state index contributed by atoms with van der Waals surface area (Å²) in [6.45, 7) is 4.11. The van der Waals surface area contributed by atoms with Crippen LogP contribution in [0.3, 0.4) is 0 Å². The van der Waals surface area contributed by atoms with E-state index in [9.17, 15) is 9.18 Å². The van der Waals surface area contributed by atoms with Gasteiger partial charge in [0.2, 0.25) is 0 Å². The second-order valence-corrected chi connectivity index (χ2v) is 7.33. The number of amides is 1. The van der Waals surface area contributed by atoms with E-state index >= 15 is 0 Å². The second-order valence-electron chi connectivity index (χ2n) is 6.94. The minimum atomic E-state index is -0.556. The van der Waals surface area contributed by atoms with Crippen molar-refractivity contribution < 1.29 is 9.18 Å². The van der Waals surface area contributed by atoms with Crippen molar-refractivity contribution >= 4 is 28.4 Å². The third kappa shape index (κ3) is 5.99. The van der Waals surface area contributed by atoms with Gasteiger partial charge in [0.05, 0.1) is 17.8 Å². The van der Waals surface area contributed by atoms with Crippen molar-refractivity contribution in [2.45, 2.75) is 26.3 Å². The van der Waals surface area contributed by atoms with E-state index in [1.54, 1.807) is 12.1 Å². The molecule has 3 rings (SSSR count). The molecule has 0 saturated heterocycles. The minimum Gasteiger partial charge on any atom is -0.364 e. The highest BCUT2D eigenvalue weighted by Crippen LogP contribution is 2.21. The smallest absolute Gasteiger partial charge is 0.257 e. The van der Waals surface area contributed by atoms with E-state index in [2.05, 4.69) is 27.5 Å². The van der Waals surface area contributed by atoms with Gasteiger partial charge in [0.25, 0.3) is 5.91 Å². The van der Waals surface area contributed by atoms with Gasteiger partial charge in [-0.15, -0.1) is 0 Å². The molecule has 29 heavy (non-hydrogen) atoms. The number of hydrogen-bond acceptors (Lipinski definition) is 4. The maximum absolute atomic E-state index is 13.3. The summed E-state index contributed by atoms with van der Waals surface area (Å²) in [5.74, 6) is 0.0639. The van der Waals surface area contributed by atoms with Gasteiger partial charge < -0.3 is 10.6 Å². The Labute approximate surface area is 174 Å². The normalized spacial score (nSPS) is 22.1. The number of halogens is 2. The van der Waals surface area contributed by atoms with Crippen molar-refractivity contribution in [3.63, 3.8) is 0 Å². The van der Waals surface area contributed by atoms with Gasteiger partial charge in [-0.1, -0.05) is 36.7 Å². The molecule has 5 nitrogen and oxygen atoms in total. The van der Waals surface area contributed by atoms with E-state index in [0.29, 0.717) is 22.6 Å². The molecule has 1 amide bonds. The molecule has 1 aliphatic rings. The first-order valence-electron chi connectivity index (χ1n) is 9.31. The number of aromatic nitrogens is 1. The fraction of sp³-hybridized carbons (Fsp3) is 0.227. The highest BCUT2D eigenvalue weighted by Gasteiger charge is 2.12. The molecule has 1 aromatic heterocycles. The highest BCUT2D eigenvalue weighted by molar-refractivity contribution is 6.68. The number of nitrogens with zero attached hydrogens (tertiary/aromatic N) is 2. The molecule has 1 aromatic carbocycles. The van der Waals surface area contributed by atoms with Gasteiger partial charge in [0, 0.05) is 11.9 Å². The maximum Gasteiger partial charge on any atom is 0.257 e. The third-order valence-electron chi connectivity index (χ3n) is 4.41. The first-order chi connectivity index (χ1) is 13.9. The summed E-state index contributed by atoms with van der Waals surface area (Å²) in [6.07, 6.45) is 9.13. The predicted octanol–water partition coefficient (Wildman–Crippen LogP) is 5.20. The van der Waals surface area contributed by atoms with Crippen molar-refractivity contribution in [2.24, 2.45) is 10.9 Å². The van der Waals surface area contributed by atoms with Crippen LogP contribution in [0.25, 0.3) is 0 Å². The van der Waals surface area contributed by atoms with Crippen LogP contribution in [0.15, 0.2) is 71.8 Å². The largest absolute Gasteiger partial charge is 0.364 e. The molecule has 0 aliphatic carbocycles. The molecule has 0 spiro atoms. The molecule has 0 bridgehead atoms. The van der Waals surface area contributed by atoms with Crippen LogP contribution in [-0.2, 0) is 0 Å². The molecule has 2 atom stereocenters. The van der Waals surface area contributed by atoms with Gasteiger partial charge in [-0.2, -0.15) is 0 Å². The number of nitrogens with one attached hydrogen (secondary N) is 2. The topological polar surface area (TPSA) is 66.4 Å². The molecule has 2 N–H and O–H groups in total. The number of pyridine rings is 1. The molecule has 2 aromatic rings. The molecule has 1 unspecified atom stereocenters. The molecule has 0 saturated carbocycles. The molecule has 150 valence electrons. The van der Waals surface area contributed by atoms with E-state index in [0.717, 1.165) is 24.2 Å². The first-order valence-corrected chi connectivity index (χ1v) is 9.69. The van der Waals surface area contributed by atoms with Crippen molar-refractivity contribution in [1.29, 1.82) is 0 Å². The zero-order valence-electron chi connectivity index (χ0n) is 16.2. The van der Waals surface area contributed by atoms with E-state index in [1.165, 1.54) is 6.20 Å². The number of hydrogen-bond donors (Lipinski definition) is 2. The Bertz CT molecular complexity index is 986. The average molecular weight is 413 g/mol. The maximum atomic E-state index is 13.3. The van der Waals surface area contributed by atoms with Crippen LogP contribution in [-0.4, -0.2) is 16.1 Å². The lowest BCUT2D eigenvalue weighted by molar-refractivity contribution is 0.102. The summed E-state index contributed by atoms with van der Waals surface area (Å²) in [5.41, 5.74) is 1.72. The number of anilines is 1. The lowest BCUT2D eigenvalue weighted by atomic mass is 10.1. The number of rotatable bonds is 5. The average Bonchev–Trinajstić information content (AvgIpc) is 2.67. The van der Waals surface area contributed by atoms with Gasteiger partial charge in [-0.25, -0.2) is 9.38 Å². The first kappa shape index (κ1) is 20.7. The molecular formula is C22H22ClFN4O. The number of allylic oxidation sites excluding steroid dienone is 3. The van der Waals surface area contributed by atoms with Crippen molar-refractivity contribution in [3.8, 4) is 0 Å². The zero-order valence-corrected chi connectivity index (χ0v) is 16.9. The molecule has 0 radical (unpaired) electrons. The van der Waals surface area contributed by atoms with Crippen LogP contribution >= 0.6 is 11.6 Å². The van der Waals surface area contributed by atoms with Crippen molar-refractivity contribution in [3.05, 3.63) is 83.7 Å². The number of benzene rings is 1. The van der Waals surface area contributed by atoms with Gasteiger partial charge in [0.15, 0.2) is 0 Å². The Kier molecular flexibility index (Phi) is 6.77. The molecule has 0 fully saturated rings. The van der Waals surface area contributed by atoms with Gasteiger partial charge >= 0.3 is 0 Å². The summed E-state index contributed by atoms with van der Waals surface area (Å²) >= 11 is 6.12. The summed E-state index contributed by atoms with van der Waals surface area (Å²) in [5, 5.41) is 6.56. The number of aliphatic imine (C=N–C) groups is 1. The Balaban J connectivity index is 1.73. The Hall–Kier alpha value is -2.99. The van der Waals surface area contributed by atoms with Crippen LogP contribution < -0.4 is 10.6 Å². The minimum absolute atomic E-state index is 0.0715. The SMILES string of the molecule is CC1\C=C(N[C@@H](C)c2cccc(NC(=O)c3cncc(F)c3)c2)/N=C(Cl)\C=C\C1. The molecular weight excluding hydrogens is 391 g/mol. The Morgan fingerprint density at radius 2 is 2.14 bits per heavy atom. The standard InChI is InChI=1S/C22H22ClFN4O/c1-14-5-3-8-20(23)28-21(9-14)26-15(2)16-6-4-7-19(11-16)27-22(29)17-10-18(24)13-25-12-17/h3-4,6-15,26H,5H2,1-2H3,(H,27,29)/b8-3+,21-9-,28-20+/t14?,15-/m0/s1. The van der Waals surface area contributed by atoms with Crippen LogP contribution in [0.1, 0.15) is 42.2 Å². The van der Waals surface area contributed by atoms with E-state index < -0.39 is 11.7 Å². The summed E-state index contributed by atoms with van der Waals surface area (Å²) in [7, 11) is 0. The molecule has 7 heteroatoms. The van der Waals surface area contributed by atoms with Crippen LogP contribution in [0.5, 0.6) is 0 Å². The Morgan fingerprint density at radius 3 is 2.93 bits per heavy atom. The summed E-state index contributed by atoms with van der Waals surface area (Å²) in [6, 6.07) is 8.52. The lowest BCUT2D eigenvalue weighted by Crippen LogP contribution is -2.19. The van der Waals surface area contributed by atoms with E-state index in [-0.39, 0.29) is 11.6 Å². The van der Waals surface area contributed by atoms with Crippen molar-refractivity contribution in [2.75, 3.05) is 5.32 Å². The van der Waals surface area contributed by atoms with Crippen LogP contribution in [0.4, 0.5) is 10.1 Å². The van der Waals surface area contributed by atoms with E-state index in [1.807, 2.05) is 37.3 Å². The summed E-state index contributed by atoms with van der Waals surface area (Å²) < 4.78 is 13.3. The van der Waals surface area contributed by atoms with E-state index in [4.69, 9.17) is 11.6 Å². The van der Waals surface area contributed by atoms with Gasteiger partial charge in [-0.3, -0.25) is 9.78 Å². The predicted molar refractivity (Wildman–Crippen MR) is 114 cm³/mol. The highest BCUT2D eigenvalue weighted by atomic mass is 35.5. The van der Waals surface area contributed by atoms with Crippen LogP contribution in [0, 0.1) is 11.7 Å². The quantitative estimate of drug-likeness (QED) is 0.709. The second kappa shape index (κ2) is 9.47. The van der Waals surface area contributed by atoms with Crippen molar-refractivity contribution in [1.82, 2.24) is 10.3 Å². The zero-order chi connectivity index (χ0) is 20.8. The third-order valence-corrected chi connectivity index (χ3v) is 4.62. The van der Waals surface area contributed by atoms with Crippen LogP contribution in [0.2, 0.25) is 0 Å². The monoisotopic (exact) mass is 412 g/mol. The number of carbonyl (C=O) groups excluding carboxylic acids is 1.